The van der Waals surface area contributed by atoms with E-state index in [9.17, 15) is 19.7 Å². The van der Waals surface area contributed by atoms with Gasteiger partial charge in [0.25, 0.3) is 5.69 Å². The van der Waals surface area contributed by atoms with Crippen LogP contribution in [0.25, 0.3) is 0 Å². The zero-order valence-corrected chi connectivity index (χ0v) is 11.4. The first-order chi connectivity index (χ1) is 9.49. The van der Waals surface area contributed by atoms with Crippen molar-refractivity contribution in [3.05, 3.63) is 39.9 Å². The van der Waals surface area contributed by atoms with Gasteiger partial charge in [0.15, 0.2) is 0 Å². The molecule has 0 bridgehead atoms. The van der Waals surface area contributed by atoms with Crippen molar-refractivity contribution < 1.29 is 19.2 Å². The fourth-order valence-electron chi connectivity index (χ4n) is 1.71. The van der Waals surface area contributed by atoms with Crippen molar-refractivity contribution in [2.24, 2.45) is 0 Å². The van der Waals surface area contributed by atoms with Gasteiger partial charge in [0.2, 0.25) is 5.91 Å². The van der Waals surface area contributed by atoms with Crippen LogP contribution >= 0.6 is 0 Å². The molecule has 1 amide bonds. The normalized spacial score (nSPS) is 9.90. The maximum Gasteiger partial charge on any atom is 0.325 e. The van der Waals surface area contributed by atoms with Gasteiger partial charge in [-0.1, -0.05) is 18.2 Å². The van der Waals surface area contributed by atoms with Gasteiger partial charge in [0, 0.05) is 18.2 Å². The largest absolute Gasteiger partial charge is 0.468 e. The minimum absolute atomic E-state index is 0.102. The van der Waals surface area contributed by atoms with E-state index in [-0.39, 0.29) is 24.6 Å². The van der Waals surface area contributed by atoms with Gasteiger partial charge < -0.3 is 9.64 Å². The van der Waals surface area contributed by atoms with Crippen LogP contribution in [0, 0.1) is 10.1 Å². The lowest BCUT2D eigenvalue weighted by Gasteiger charge is -2.19. The monoisotopic (exact) mass is 280 g/mol. The van der Waals surface area contributed by atoms with Crippen LogP contribution in [0.1, 0.15) is 12.5 Å². The maximum atomic E-state index is 12.1. The van der Waals surface area contributed by atoms with Gasteiger partial charge in [-0.25, -0.2) is 0 Å². The smallest absolute Gasteiger partial charge is 0.325 e. The number of carbonyl (C=O) groups excluding carboxylic acids is 2. The van der Waals surface area contributed by atoms with Gasteiger partial charge in [0.1, 0.15) is 6.54 Å². The molecule has 0 aliphatic rings. The number of methoxy groups -OCH3 is 1. The van der Waals surface area contributed by atoms with Crippen molar-refractivity contribution in [1.29, 1.82) is 0 Å². The number of amides is 1. The molecule has 0 atom stereocenters. The molecule has 108 valence electrons. The Morgan fingerprint density at radius 3 is 2.55 bits per heavy atom. The molecule has 0 unspecified atom stereocenters. The second kappa shape index (κ2) is 7.22. The summed E-state index contributed by atoms with van der Waals surface area (Å²) in [7, 11) is 1.24. The summed E-state index contributed by atoms with van der Waals surface area (Å²) >= 11 is 0. The Labute approximate surface area is 116 Å². The van der Waals surface area contributed by atoms with Crippen molar-refractivity contribution in [3.8, 4) is 0 Å². The zero-order valence-electron chi connectivity index (χ0n) is 11.4. The first-order valence-electron chi connectivity index (χ1n) is 6.06. The molecule has 1 aromatic rings. The Kier molecular flexibility index (Phi) is 5.64. The van der Waals surface area contributed by atoms with E-state index in [0.29, 0.717) is 12.1 Å². The second-order valence-corrected chi connectivity index (χ2v) is 4.05. The summed E-state index contributed by atoms with van der Waals surface area (Å²) in [5.41, 5.74) is 0.223. The summed E-state index contributed by atoms with van der Waals surface area (Å²) in [5, 5.41) is 10.9. The van der Waals surface area contributed by atoms with Crippen molar-refractivity contribution in [1.82, 2.24) is 4.90 Å². The molecule has 20 heavy (non-hydrogen) atoms. The molecule has 1 rings (SSSR count). The van der Waals surface area contributed by atoms with E-state index in [2.05, 4.69) is 4.74 Å². The number of nitrogens with zero attached hydrogens (tertiary/aromatic N) is 2. The van der Waals surface area contributed by atoms with Gasteiger partial charge >= 0.3 is 5.97 Å². The van der Waals surface area contributed by atoms with Crippen LogP contribution in [0.15, 0.2) is 24.3 Å². The van der Waals surface area contributed by atoms with Crippen molar-refractivity contribution in [2.75, 3.05) is 20.2 Å². The van der Waals surface area contributed by atoms with E-state index >= 15 is 0 Å². The molecule has 0 heterocycles. The molecule has 0 fully saturated rings. The SMILES string of the molecule is CCN(CC(=O)OC)C(=O)Cc1ccccc1[N+](=O)[O-]. The highest BCUT2D eigenvalue weighted by molar-refractivity contribution is 5.84. The van der Waals surface area contributed by atoms with E-state index in [0.717, 1.165) is 0 Å². The summed E-state index contributed by atoms with van der Waals surface area (Å²) in [5.74, 6) is -0.880. The number of likely N-dealkylation sites (N-methyl/N-ethyl adjacent to an activating group) is 1. The summed E-state index contributed by atoms with van der Waals surface area (Å²) < 4.78 is 4.50. The van der Waals surface area contributed by atoms with Gasteiger partial charge in [0.05, 0.1) is 18.5 Å². The Hall–Kier alpha value is -2.44. The molecule has 0 aromatic heterocycles. The van der Waals surface area contributed by atoms with Crippen molar-refractivity contribution in [2.45, 2.75) is 13.3 Å². The highest BCUT2D eigenvalue weighted by Crippen LogP contribution is 2.18. The molecule has 7 nitrogen and oxygen atoms in total. The summed E-state index contributed by atoms with van der Waals surface area (Å²) in [4.78, 5) is 34.9. The molecule has 0 spiro atoms. The van der Waals surface area contributed by atoms with Gasteiger partial charge in [-0.05, 0) is 6.92 Å². The predicted molar refractivity (Wildman–Crippen MR) is 71.1 cm³/mol. The van der Waals surface area contributed by atoms with Crippen LogP contribution < -0.4 is 0 Å². The number of ether oxygens (including phenoxy) is 1. The third-order valence-corrected chi connectivity index (χ3v) is 2.81. The molecule has 0 saturated carbocycles. The molecule has 0 saturated heterocycles. The highest BCUT2D eigenvalue weighted by Gasteiger charge is 2.20. The molecule has 0 aliphatic carbocycles. The van der Waals surface area contributed by atoms with Crippen molar-refractivity contribution in [3.63, 3.8) is 0 Å². The van der Waals surface area contributed by atoms with Crippen molar-refractivity contribution >= 4 is 17.6 Å². The molecular weight excluding hydrogens is 264 g/mol. The van der Waals surface area contributed by atoms with E-state index in [4.69, 9.17) is 0 Å². The van der Waals surface area contributed by atoms with Crippen LogP contribution in [0.4, 0.5) is 5.69 Å². The summed E-state index contributed by atoms with van der Waals surface area (Å²) in [6, 6.07) is 6.05. The lowest BCUT2D eigenvalue weighted by Crippen LogP contribution is -2.37. The lowest BCUT2D eigenvalue weighted by atomic mass is 10.1. The maximum absolute atomic E-state index is 12.1. The standard InChI is InChI=1S/C13H16N2O5/c1-3-14(9-13(17)20-2)12(16)8-10-6-4-5-7-11(10)15(18)19/h4-7H,3,8-9H2,1-2H3. The predicted octanol–water partition coefficient (Wildman–Crippen LogP) is 1.16. The number of hydrogen-bond acceptors (Lipinski definition) is 5. The Morgan fingerprint density at radius 2 is 2.00 bits per heavy atom. The Balaban J connectivity index is 2.84. The third kappa shape index (κ3) is 4.04. The summed E-state index contributed by atoms with van der Waals surface area (Å²) in [6.07, 6.45) is -0.123. The minimum Gasteiger partial charge on any atom is -0.468 e. The lowest BCUT2D eigenvalue weighted by molar-refractivity contribution is -0.385. The quantitative estimate of drug-likeness (QED) is 0.443. The first kappa shape index (κ1) is 15.6. The Bertz CT molecular complexity index is 515. The number of hydrogen-bond donors (Lipinski definition) is 0. The van der Waals surface area contributed by atoms with Gasteiger partial charge in [-0.3, -0.25) is 19.7 Å². The Morgan fingerprint density at radius 1 is 1.35 bits per heavy atom. The minimum atomic E-state index is -0.529. The molecule has 1 aromatic carbocycles. The van der Waals surface area contributed by atoms with E-state index in [1.165, 1.54) is 30.2 Å². The number of nitro benzene ring substituents is 1. The van der Waals surface area contributed by atoms with E-state index in [1.54, 1.807) is 13.0 Å². The number of nitro groups is 1. The van der Waals surface area contributed by atoms with Crippen LogP contribution in [0.3, 0.4) is 0 Å². The van der Waals surface area contributed by atoms with Crippen LogP contribution in [-0.4, -0.2) is 41.9 Å². The zero-order chi connectivity index (χ0) is 15.1. The number of esters is 1. The van der Waals surface area contributed by atoms with Crippen LogP contribution in [-0.2, 0) is 20.7 Å². The molecular formula is C13H16N2O5. The van der Waals surface area contributed by atoms with Crippen LogP contribution in [0.2, 0.25) is 0 Å². The fraction of sp³-hybridized carbons (Fsp3) is 0.385. The molecule has 0 N–H and O–H groups in total. The summed E-state index contributed by atoms with van der Waals surface area (Å²) in [6.45, 7) is 1.89. The van der Waals surface area contributed by atoms with Crippen LogP contribution in [0.5, 0.6) is 0 Å². The van der Waals surface area contributed by atoms with Gasteiger partial charge in [-0.15, -0.1) is 0 Å². The average Bonchev–Trinajstić information content (AvgIpc) is 2.44. The molecule has 7 heteroatoms. The highest BCUT2D eigenvalue weighted by atomic mass is 16.6. The molecule has 0 aliphatic heterocycles. The van der Waals surface area contributed by atoms with E-state index in [1.807, 2.05) is 0 Å². The first-order valence-corrected chi connectivity index (χ1v) is 6.06. The number of rotatable bonds is 6. The van der Waals surface area contributed by atoms with Gasteiger partial charge in [-0.2, -0.15) is 0 Å². The second-order valence-electron chi connectivity index (χ2n) is 4.05. The topological polar surface area (TPSA) is 89.8 Å². The number of carbonyl (C=O) groups is 2. The van der Waals surface area contributed by atoms with E-state index < -0.39 is 10.9 Å². The number of benzene rings is 1. The average molecular weight is 280 g/mol. The fourth-order valence-corrected chi connectivity index (χ4v) is 1.71. The third-order valence-electron chi connectivity index (χ3n) is 2.81. The molecule has 0 radical (unpaired) electrons. The number of para-hydroxylation sites is 1.